The molecule has 0 spiro atoms. The summed E-state index contributed by atoms with van der Waals surface area (Å²) in [5.41, 5.74) is 0. The van der Waals surface area contributed by atoms with Crippen molar-refractivity contribution < 1.29 is 9.18 Å². The van der Waals surface area contributed by atoms with Gasteiger partial charge in [-0.1, -0.05) is 0 Å². The van der Waals surface area contributed by atoms with E-state index >= 15 is 0 Å². The van der Waals surface area contributed by atoms with Crippen molar-refractivity contribution in [3.05, 3.63) is 6.92 Å². The van der Waals surface area contributed by atoms with Crippen LogP contribution >= 0.6 is 0 Å². The molecule has 0 unspecified atom stereocenters. The largest absolute Gasteiger partial charge is 0.297 e. The van der Waals surface area contributed by atoms with Crippen molar-refractivity contribution in [3.8, 4) is 0 Å². The number of ketones is 1. The third-order valence-corrected chi connectivity index (χ3v) is 0.149. The molecule has 5 heavy (non-hydrogen) atoms. The number of hydrogen-bond acceptors (Lipinski definition) is 1. The van der Waals surface area contributed by atoms with E-state index in [1.165, 1.54) is 0 Å². The summed E-state index contributed by atoms with van der Waals surface area (Å²) in [6, 6.07) is 0. The van der Waals surface area contributed by atoms with E-state index in [0.29, 0.717) is 0 Å². The van der Waals surface area contributed by atoms with Crippen molar-refractivity contribution in [1.82, 2.24) is 0 Å². The monoisotopic (exact) mass is 75.0 g/mol. The van der Waals surface area contributed by atoms with Crippen LogP contribution in [0.5, 0.6) is 0 Å². The quantitative estimate of drug-likeness (QED) is 0.439. The summed E-state index contributed by atoms with van der Waals surface area (Å²) in [5, 5.41) is 0. The van der Waals surface area contributed by atoms with Gasteiger partial charge in [0.05, 0.1) is 0 Å². The topological polar surface area (TPSA) is 17.1 Å². The van der Waals surface area contributed by atoms with Crippen molar-refractivity contribution in [3.63, 3.8) is 0 Å². The second-order valence-corrected chi connectivity index (χ2v) is 0.672. The molecule has 0 aliphatic heterocycles. The van der Waals surface area contributed by atoms with Crippen LogP contribution in [0.1, 0.15) is 0 Å². The Hall–Kier alpha value is -0.400. The van der Waals surface area contributed by atoms with E-state index in [4.69, 9.17) is 0 Å². The van der Waals surface area contributed by atoms with Crippen molar-refractivity contribution in [2.24, 2.45) is 0 Å². The van der Waals surface area contributed by atoms with Crippen molar-refractivity contribution in [2.75, 3.05) is 6.67 Å². The number of carbonyl (C=O) groups is 1. The summed E-state index contributed by atoms with van der Waals surface area (Å²) in [7, 11) is 0. The molecule has 0 rings (SSSR count). The minimum absolute atomic E-state index is 0.662. The van der Waals surface area contributed by atoms with Gasteiger partial charge >= 0.3 is 0 Å². The SMILES string of the molecule is [CH2]C(=O)CF. The minimum Gasteiger partial charge on any atom is -0.297 e. The fraction of sp³-hybridized carbons (Fsp3) is 0.333. The first-order valence-electron chi connectivity index (χ1n) is 1.18. The van der Waals surface area contributed by atoms with Crippen molar-refractivity contribution >= 4 is 5.78 Å². The second kappa shape index (κ2) is 1.88. The molecule has 0 atom stereocenters. The highest BCUT2D eigenvalue weighted by molar-refractivity contribution is 5.83. The molecule has 0 fully saturated rings. The Bertz CT molecular complexity index is 42.2. The van der Waals surface area contributed by atoms with Crippen LogP contribution < -0.4 is 0 Å². The predicted molar refractivity (Wildman–Crippen MR) is 16.3 cm³/mol. The van der Waals surface area contributed by atoms with Crippen LogP contribution in [-0.4, -0.2) is 12.5 Å². The van der Waals surface area contributed by atoms with Crippen LogP contribution in [0, 0.1) is 6.92 Å². The van der Waals surface area contributed by atoms with Gasteiger partial charge in [0, 0.05) is 6.92 Å². The molecule has 1 radical (unpaired) electrons. The first-order chi connectivity index (χ1) is 2.27. The van der Waals surface area contributed by atoms with Gasteiger partial charge in [0.15, 0.2) is 5.78 Å². The molecule has 0 amide bonds. The Labute approximate surface area is 29.8 Å². The van der Waals surface area contributed by atoms with E-state index < -0.39 is 12.5 Å². The van der Waals surface area contributed by atoms with Gasteiger partial charge in [-0.15, -0.1) is 0 Å². The first-order valence-corrected chi connectivity index (χ1v) is 1.18. The lowest BCUT2D eigenvalue weighted by molar-refractivity contribution is -0.115. The van der Waals surface area contributed by atoms with Crippen molar-refractivity contribution in [1.29, 1.82) is 0 Å². The summed E-state index contributed by atoms with van der Waals surface area (Å²) >= 11 is 0. The van der Waals surface area contributed by atoms with Crippen LogP contribution in [-0.2, 0) is 4.79 Å². The third-order valence-electron chi connectivity index (χ3n) is 0.149. The third kappa shape index (κ3) is 3.60. The maximum absolute atomic E-state index is 10.7. The molecule has 0 aromatic heterocycles. The number of alkyl halides is 1. The molecule has 0 aliphatic carbocycles. The Morgan fingerprint density at radius 3 is 2.20 bits per heavy atom. The minimum atomic E-state index is -0.944. The molecule has 1 nitrogen and oxygen atoms in total. The van der Waals surface area contributed by atoms with Crippen LogP contribution in [0.2, 0.25) is 0 Å². The Morgan fingerprint density at radius 2 is 2.20 bits per heavy atom. The van der Waals surface area contributed by atoms with Crippen LogP contribution in [0.4, 0.5) is 4.39 Å². The molecule has 0 bridgehead atoms. The van der Waals surface area contributed by atoms with E-state index in [1.54, 1.807) is 0 Å². The zero-order chi connectivity index (χ0) is 4.28. The van der Waals surface area contributed by atoms with Crippen molar-refractivity contribution in [2.45, 2.75) is 0 Å². The highest BCUT2D eigenvalue weighted by atomic mass is 19.1. The molecule has 0 aromatic carbocycles. The van der Waals surface area contributed by atoms with Gasteiger partial charge in [0.25, 0.3) is 0 Å². The van der Waals surface area contributed by atoms with E-state index in [0.717, 1.165) is 0 Å². The Morgan fingerprint density at radius 1 is 2.00 bits per heavy atom. The number of halogens is 1. The predicted octanol–water partition coefficient (Wildman–Crippen LogP) is 0.359. The molecule has 0 N–H and O–H groups in total. The summed E-state index contributed by atoms with van der Waals surface area (Å²) in [6.07, 6.45) is 0. The molecule has 0 saturated heterocycles. The molecular formula is C3H4FO. The zero-order valence-corrected chi connectivity index (χ0v) is 2.70. The standard InChI is InChI=1S/C3H4FO/c1-3(5)2-4/h1-2H2. The molecule has 0 aliphatic rings. The molecule has 2 heteroatoms. The normalized spacial score (nSPS) is 7.60. The average molecular weight is 75.1 g/mol. The van der Waals surface area contributed by atoms with E-state index in [2.05, 4.69) is 6.92 Å². The summed E-state index contributed by atoms with van der Waals surface area (Å²) in [4.78, 5) is 9.33. The first kappa shape index (κ1) is 4.60. The summed E-state index contributed by atoms with van der Waals surface area (Å²) < 4.78 is 10.7. The maximum atomic E-state index is 10.7. The molecule has 29 valence electrons. The highest BCUT2D eigenvalue weighted by Crippen LogP contribution is 1.64. The van der Waals surface area contributed by atoms with E-state index in [1.807, 2.05) is 0 Å². The number of hydrogen-bond donors (Lipinski definition) is 0. The van der Waals surface area contributed by atoms with Gasteiger partial charge in [-0.2, -0.15) is 0 Å². The van der Waals surface area contributed by atoms with E-state index in [9.17, 15) is 9.18 Å². The van der Waals surface area contributed by atoms with Crippen LogP contribution in [0.3, 0.4) is 0 Å². The highest BCUT2D eigenvalue weighted by Gasteiger charge is 1.81. The van der Waals surface area contributed by atoms with Gasteiger partial charge in [-0.25, -0.2) is 4.39 Å². The van der Waals surface area contributed by atoms with E-state index in [-0.39, 0.29) is 0 Å². The van der Waals surface area contributed by atoms with Gasteiger partial charge in [0.2, 0.25) is 0 Å². The molecule has 0 aromatic rings. The van der Waals surface area contributed by atoms with Gasteiger partial charge in [-0.05, 0) is 0 Å². The average Bonchev–Trinajstić information content (AvgIpc) is 1.38. The fourth-order valence-electron chi connectivity index (χ4n) is 0. The molecular weight excluding hydrogens is 71.0 g/mol. The second-order valence-electron chi connectivity index (χ2n) is 0.672. The smallest absolute Gasteiger partial charge is 0.164 e. The Kier molecular flexibility index (Phi) is 1.73. The van der Waals surface area contributed by atoms with Crippen LogP contribution in [0.25, 0.3) is 0 Å². The lowest BCUT2D eigenvalue weighted by Gasteiger charge is -1.68. The van der Waals surface area contributed by atoms with Gasteiger partial charge < -0.3 is 0 Å². The maximum Gasteiger partial charge on any atom is 0.164 e. The number of Topliss-reactive ketones (excluding diaryl/α,β-unsaturated/α-hetero) is 1. The molecule has 0 saturated carbocycles. The fourth-order valence-corrected chi connectivity index (χ4v) is 0. The Balaban J connectivity index is 2.85. The van der Waals surface area contributed by atoms with Gasteiger partial charge in [-0.3, -0.25) is 4.79 Å². The summed E-state index contributed by atoms with van der Waals surface area (Å²) in [6.45, 7) is 1.80. The summed E-state index contributed by atoms with van der Waals surface area (Å²) in [5.74, 6) is -0.662. The number of carbonyl (C=O) groups excluding carboxylic acids is 1. The molecule has 0 heterocycles. The van der Waals surface area contributed by atoms with Gasteiger partial charge in [0.1, 0.15) is 6.67 Å². The lowest BCUT2D eigenvalue weighted by atomic mass is 10.5. The zero-order valence-electron chi connectivity index (χ0n) is 2.70. The van der Waals surface area contributed by atoms with Crippen LogP contribution in [0.15, 0.2) is 0 Å². The number of rotatable bonds is 1. The lowest BCUT2D eigenvalue weighted by Crippen LogP contribution is -1.88.